The monoisotopic (exact) mass is 540 g/mol. The first-order valence-corrected chi connectivity index (χ1v) is 14.8. The van der Waals surface area contributed by atoms with E-state index in [1.807, 2.05) is 24.3 Å². The van der Waals surface area contributed by atoms with Gasteiger partial charge in [0.25, 0.3) is 0 Å². The lowest BCUT2D eigenvalue weighted by Crippen LogP contribution is -2.23. The minimum atomic E-state index is -0.906. The predicted molar refractivity (Wildman–Crippen MR) is 159 cm³/mol. The number of carbonyl (C=O) groups is 1. The molecule has 6 heteroatoms. The summed E-state index contributed by atoms with van der Waals surface area (Å²) in [5.41, 5.74) is 6.04. The van der Waals surface area contributed by atoms with Gasteiger partial charge in [-0.2, -0.15) is 0 Å². The van der Waals surface area contributed by atoms with Gasteiger partial charge in [0.1, 0.15) is 12.4 Å². The van der Waals surface area contributed by atoms with Gasteiger partial charge in [0.15, 0.2) is 5.13 Å². The summed E-state index contributed by atoms with van der Waals surface area (Å²) in [7, 11) is 0. The van der Waals surface area contributed by atoms with Crippen LogP contribution in [0.4, 0.5) is 5.13 Å². The van der Waals surface area contributed by atoms with Gasteiger partial charge in [0, 0.05) is 24.0 Å². The van der Waals surface area contributed by atoms with Crippen LogP contribution in [-0.4, -0.2) is 22.6 Å². The first-order valence-electron chi connectivity index (χ1n) is 13.9. The van der Waals surface area contributed by atoms with Crippen LogP contribution >= 0.6 is 11.3 Å². The molecule has 1 aliphatic rings. The molecule has 1 N–H and O–H groups in total. The average molecular weight is 541 g/mol. The fraction of sp³-hybridized carbons (Fsp3) is 0.333. The second kappa shape index (κ2) is 12.9. The highest BCUT2D eigenvalue weighted by Gasteiger charge is 2.16. The van der Waals surface area contributed by atoms with Crippen LogP contribution in [-0.2, 0) is 13.2 Å². The summed E-state index contributed by atoms with van der Waals surface area (Å²) in [6.45, 7) is 4.28. The van der Waals surface area contributed by atoms with E-state index in [4.69, 9.17) is 14.8 Å². The molecule has 5 nitrogen and oxygen atoms in total. The zero-order valence-electron chi connectivity index (χ0n) is 22.5. The number of carboxylic acids is 1. The summed E-state index contributed by atoms with van der Waals surface area (Å²) < 4.78 is 6.07. The summed E-state index contributed by atoms with van der Waals surface area (Å²) in [5, 5.41) is 12.2. The van der Waals surface area contributed by atoms with E-state index in [1.165, 1.54) is 43.2 Å². The van der Waals surface area contributed by atoms with Crippen molar-refractivity contribution in [3.05, 3.63) is 100 Å². The van der Waals surface area contributed by atoms with Crippen LogP contribution in [0.5, 0.6) is 5.75 Å². The van der Waals surface area contributed by atoms with E-state index in [0.29, 0.717) is 18.7 Å². The molecule has 0 unspecified atom stereocenters. The number of nitrogens with zero attached hydrogens (tertiary/aromatic N) is 2. The van der Waals surface area contributed by atoms with Crippen molar-refractivity contribution >= 4 is 22.4 Å². The highest BCUT2D eigenvalue weighted by Crippen LogP contribution is 2.33. The molecule has 1 saturated carbocycles. The number of carboxylic acid groups (broad SMARTS) is 1. The summed E-state index contributed by atoms with van der Waals surface area (Å²) in [6.07, 6.45) is 7.74. The van der Waals surface area contributed by atoms with E-state index in [1.54, 1.807) is 23.5 Å². The average Bonchev–Trinajstić information content (AvgIpc) is 3.48. The first kappa shape index (κ1) is 26.9. The van der Waals surface area contributed by atoms with E-state index in [-0.39, 0.29) is 0 Å². The molecule has 4 aromatic rings. The highest BCUT2D eigenvalue weighted by molar-refractivity contribution is 7.14. The van der Waals surface area contributed by atoms with Crippen LogP contribution in [0.2, 0.25) is 0 Å². The molecule has 1 heterocycles. The van der Waals surface area contributed by atoms with Crippen molar-refractivity contribution in [2.45, 2.75) is 64.5 Å². The SMILES string of the molecule is CCCN(Cc1ccc(C(=O)O)cc1)c1nc(-c2ccc(OCc3ccc(C4CCCCC4)cc3)cc2)cs1. The van der Waals surface area contributed by atoms with Gasteiger partial charge >= 0.3 is 5.97 Å². The summed E-state index contributed by atoms with van der Waals surface area (Å²) >= 11 is 1.63. The molecule has 0 saturated heterocycles. The standard InChI is InChI=1S/C33H36N2O3S/c1-2-20-35(21-24-8-14-29(15-9-24)32(36)37)33-34-31(23-39-33)28-16-18-30(19-17-28)38-22-25-10-12-27(13-11-25)26-6-4-3-5-7-26/h8-19,23,26H,2-7,20-22H2,1H3,(H,36,37). The van der Waals surface area contributed by atoms with E-state index in [9.17, 15) is 4.79 Å². The molecule has 202 valence electrons. The van der Waals surface area contributed by atoms with Crippen molar-refractivity contribution in [3.8, 4) is 17.0 Å². The van der Waals surface area contributed by atoms with E-state index in [0.717, 1.165) is 46.6 Å². The summed E-state index contributed by atoms with van der Waals surface area (Å²) in [6, 6.07) is 24.2. The van der Waals surface area contributed by atoms with Crippen LogP contribution in [0, 0.1) is 0 Å². The number of hydrogen-bond acceptors (Lipinski definition) is 5. The highest BCUT2D eigenvalue weighted by atomic mass is 32.1. The van der Waals surface area contributed by atoms with Crippen molar-refractivity contribution in [3.63, 3.8) is 0 Å². The Balaban J connectivity index is 1.18. The Morgan fingerprint density at radius 1 is 0.949 bits per heavy atom. The van der Waals surface area contributed by atoms with Crippen LogP contribution in [0.25, 0.3) is 11.3 Å². The van der Waals surface area contributed by atoms with Gasteiger partial charge in [0.2, 0.25) is 0 Å². The largest absolute Gasteiger partial charge is 0.489 e. The number of thiazole rings is 1. The molecule has 3 aromatic carbocycles. The van der Waals surface area contributed by atoms with Gasteiger partial charge in [-0.3, -0.25) is 0 Å². The van der Waals surface area contributed by atoms with Gasteiger partial charge in [0.05, 0.1) is 11.3 Å². The minimum absolute atomic E-state index is 0.303. The van der Waals surface area contributed by atoms with E-state index in [2.05, 4.69) is 53.6 Å². The Kier molecular flexibility index (Phi) is 8.94. The molecule has 1 aliphatic carbocycles. The number of ether oxygens (including phenoxy) is 1. The second-order valence-corrected chi connectivity index (χ2v) is 11.2. The lowest BCUT2D eigenvalue weighted by molar-refractivity contribution is 0.0697. The van der Waals surface area contributed by atoms with Crippen molar-refractivity contribution in [1.29, 1.82) is 0 Å². The van der Waals surface area contributed by atoms with Gasteiger partial charge in [-0.1, -0.05) is 62.6 Å². The fourth-order valence-corrected chi connectivity index (χ4v) is 6.10. The van der Waals surface area contributed by atoms with Crippen molar-refractivity contribution in [2.24, 2.45) is 0 Å². The molecule has 39 heavy (non-hydrogen) atoms. The number of benzene rings is 3. The van der Waals surface area contributed by atoms with E-state index >= 15 is 0 Å². The van der Waals surface area contributed by atoms with Crippen LogP contribution in [0.1, 0.15) is 78.4 Å². The van der Waals surface area contributed by atoms with Crippen molar-refractivity contribution in [2.75, 3.05) is 11.4 Å². The van der Waals surface area contributed by atoms with Gasteiger partial charge in [-0.05, 0) is 78.3 Å². The molecule has 0 spiro atoms. The third-order valence-electron chi connectivity index (χ3n) is 7.44. The third-order valence-corrected chi connectivity index (χ3v) is 8.34. The zero-order chi connectivity index (χ0) is 27.0. The molecule has 5 rings (SSSR count). The zero-order valence-corrected chi connectivity index (χ0v) is 23.3. The maximum Gasteiger partial charge on any atom is 0.335 e. The molecule has 1 fully saturated rings. The molecule has 0 amide bonds. The summed E-state index contributed by atoms with van der Waals surface area (Å²) in [4.78, 5) is 18.3. The molecule has 0 aliphatic heterocycles. The quantitative estimate of drug-likeness (QED) is 0.206. The first-order chi connectivity index (χ1) is 19.1. The van der Waals surface area contributed by atoms with E-state index < -0.39 is 5.97 Å². The van der Waals surface area contributed by atoms with Crippen LogP contribution in [0.15, 0.2) is 78.2 Å². The molecular formula is C33H36N2O3S. The van der Waals surface area contributed by atoms with Gasteiger partial charge in [-0.25, -0.2) is 9.78 Å². The third kappa shape index (κ3) is 7.07. The molecular weight excluding hydrogens is 504 g/mol. The molecule has 1 aromatic heterocycles. The van der Waals surface area contributed by atoms with Gasteiger partial charge in [-0.15, -0.1) is 11.3 Å². The Bertz CT molecular complexity index is 1340. The van der Waals surface area contributed by atoms with Gasteiger partial charge < -0.3 is 14.7 Å². The minimum Gasteiger partial charge on any atom is -0.489 e. The fourth-order valence-electron chi connectivity index (χ4n) is 5.24. The normalized spacial score (nSPS) is 13.8. The summed E-state index contributed by atoms with van der Waals surface area (Å²) in [5.74, 6) is 0.673. The van der Waals surface area contributed by atoms with Crippen molar-refractivity contribution in [1.82, 2.24) is 4.98 Å². The number of aromatic carboxylic acids is 1. The topological polar surface area (TPSA) is 62.7 Å². The number of hydrogen-bond donors (Lipinski definition) is 1. The maximum absolute atomic E-state index is 11.2. The molecule has 0 bridgehead atoms. The van der Waals surface area contributed by atoms with Crippen LogP contribution < -0.4 is 9.64 Å². The lowest BCUT2D eigenvalue weighted by atomic mass is 9.84. The molecule has 0 radical (unpaired) electrons. The number of aromatic nitrogens is 1. The van der Waals surface area contributed by atoms with Crippen molar-refractivity contribution < 1.29 is 14.6 Å². The second-order valence-electron chi connectivity index (χ2n) is 10.3. The number of rotatable bonds is 11. The predicted octanol–water partition coefficient (Wildman–Crippen LogP) is 8.55. The Morgan fingerprint density at radius 2 is 1.64 bits per heavy atom. The Hall–Kier alpha value is -3.64. The Morgan fingerprint density at radius 3 is 2.31 bits per heavy atom. The number of anilines is 1. The smallest absolute Gasteiger partial charge is 0.335 e. The lowest BCUT2D eigenvalue weighted by Gasteiger charge is -2.22. The van der Waals surface area contributed by atoms with Crippen LogP contribution in [0.3, 0.4) is 0 Å². The molecule has 0 atom stereocenters. The maximum atomic E-state index is 11.2. The Labute approximate surface area is 235 Å².